The molecule has 0 atom stereocenters. The number of amides is 1. The van der Waals surface area contributed by atoms with Crippen molar-refractivity contribution in [3.8, 4) is 5.69 Å². The topological polar surface area (TPSA) is 38.1 Å². The van der Waals surface area contributed by atoms with E-state index in [1.807, 2.05) is 93.2 Å². The Balaban J connectivity index is 1.79. The number of carbonyl (C=O) groups is 1. The third-order valence-corrected chi connectivity index (χ3v) is 4.78. The summed E-state index contributed by atoms with van der Waals surface area (Å²) in [6.07, 6.45) is 1.70. The summed E-state index contributed by atoms with van der Waals surface area (Å²) in [7, 11) is 1.83. The molecule has 27 heavy (non-hydrogen) atoms. The van der Waals surface area contributed by atoms with Crippen LogP contribution in [0.25, 0.3) is 11.3 Å². The number of aromatic nitrogens is 2. The van der Waals surface area contributed by atoms with Gasteiger partial charge in [0.05, 0.1) is 11.4 Å². The van der Waals surface area contributed by atoms with Gasteiger partial charge in [-0.2, -0.15) is 5.10 Å². The quantitative estimate of drug-likeness (QED) is 0.627. The molecular weight excluding hydrogens is 334 g/mol. The fourth-order valence-electron chi connectivity index (χ4n) is 3.12. The van der Waals surface area contributed by atoms with Crippen molar-refractivity contribution < 1.29 is 4.79 Å². The van der Waals surface area contributed by atoms with E-state index in [1.54, 1.807) is 11.0 Å². The van der Waals surface area contributed by atoms with Gasteiger partial charge in [0.15, 0.2) is 0 Å². The Hall–Kier alpha value is -3.14. The van der Waals surface area contributed by atoms with Gasteiger partial charge in [-0.25, -0.2) is 4.68 Å². The third-order valence-electron chi connectivity index (χ3n) is 4.78. The van der Waals surface area contributed by atoms with Gasteiger partial charge < -0.3 is 4.90 Å². The van der Waals surface area contributed by atoms with Crippen molar-refractivity contribution in [2.75, 3.05) is 7.05 Å². The highest BCUT2D eigenvalue weighted by molar-refractivity contribution is 5.94. The maximum absolute atomic E-state index is 12.7. The zero-order valence-electron chi connectivity index (χ0n) is 16.3. The van der Waals surface area contributed by atoms with Crippen LogP contribution in [0.15, 0.2) is 66.7 Å². The summed E-state index contributed by atoms with van der Waals surface area (Å²) in [6, 6.07) is 20.0. The van der Waals surface area contributed by atoms with E-state index in [9.17, 15) is 4.79 Å². The Morgan fingerprint density at radius 2 is 1.63 bits per heavy atom. The highest BCUT2D eigenvalue weighted by Crippen LogP contribution is 2.20. The number of hydrogen-bond donors (Lipinski definition) is 0. The number of para-hydroxylation sites is 1. The van der Waals surface area contributed by atoms with Gasteiger partial charge in [-0.05, 0) is 44.0 Å². The van der Waals surface area contributed by atoms with E-state index in [4.69, 9.17) is 0 Å². The predicted octanol–water partition coefficient (Wildman–Crippen LogP) is 4.55. The Bertz CT molecular complexity index is 956. The van der Waals surface area contributed by atoms with Gasteiger partial charge in [-0.15, -0.1) is 0 Å². The maximum atomic E-state index is 12.7. The second-order valence-corrected chi connectivity index (χ2v) is 6.78. The molecule has 0 aliphatic heterocycles. The van der Waals surface area contributed by atoms with Crippen LogP contribution in [0.4, 0.5) is 0 Å². The maximum Gasteiger partial charge on any atom is 0.246 e. The molecule has 0 aliphatic rings. The molecule has 0 saturated heterocycles. The minimum Gasteiger partial charge on any atom is -0.338 e. The standard InChI is InChI=1S/C23H25N3O/c1-17(20-11-7-5-8-12-20)15-23(27)25(4)16-22-18(2)24-26(19(22)3)21-13-9-6-10-14-21/h5-15H,16H2,1-4H3. The highest BCUT2D eigenvalue weighted by Gasteiger charge is 2.16. The monoisotopic (exact) mass is 359 g/mol. The fraction of sp³-hybridized carbons (Fsp3) is 0.217. The number of allylic oxidation sites excluding steroid dienone is 1. The lowest BCUT2D eigenvalue weighted by molar-refractivity contribution is -0.125. The van der Waals surface area contributed by atoms with E-state index < -0.39 is 0 Å². The largest absolute Gasteiger partial charge is 0.338 e. The molecule has 0 saturated carbocycles. The van der Waals surface area contributed by atoms with Crippen LogP contribution in [0.1, 0.15) is 29.4 Å². The van der Waals surface area contributed by atoms with E-state index in [2.05, 4.69) is 5.10 Å². The number of likely N-dealkylation sites (N-methyl/N-ethyl adjacent to an activating group) is 1. The lowest BCUT2D eigenvalue weighted by atomic mass is 10.1. The van der Waals surface area contributed by atoms with Gasteiger partial charge in [-0.1, -0.05) is 48.5 Å². The molecule has 3 rings (SSSR count). The molecule has 0 spiro atoms. The van der Waals surface area contributed by atoms with Crippen LogP contribution >= 0.6 is 0 Å². The number of nitrogens with zero attached hydrogens (tertiary/aromatic N) is 3. The van der Waals surface area contributed by atoms with E-state index in [0.29, 0.717) is 6.54 Å². The molecule has 4 heteroatoms. The zero-order valence-corrected chi connectivity index (χ0v) is 16.3. The fourth-order valence-corrected chi connectivity index (χ4v) is 3.12. The van der Waals surface area contributed by atoms with Gasteiger partial charge in [0.2, 0.25) is 5.91 Å². The summed E-state index contributed by atoms with van der Waals surface area (Å²) in [5.74, 6) is -0.0115. The molecule has 1 amide bonds. The normalized spacial score (nSPS) is 11.5. The molecule has 0 N–H and O–H groups in total. The van der Waals surface area contributed by atoms with E-state index >= 15 is 0 Å². The highest BCUT2D eigenvalue weighted by atomic mass is 16.2. The van der Waals surface area contributed by atoms with Crippen LogP contribution in [0.5, 0.6) is 0 Å². The molecular formula is C23H25N3O. The predicted molar refractivity (Wildman–Crippen MR) is 110 cm³/mol. The molecule has 0 unspecified atom stereocenters. The third kappa shape index (κ3) is 4.17. The van der Waals surface area contributed by atoms with Crippen molar-refractivity contribution in [2.24, 2.45) is 0 Å². The Kier molecular flexibility index (Phi) is 5.55. The average Bonchev–Trinajstić information content (AvgIpc) is 2.97. The first-order valence-corrected chi connectivity index (χ1v) is 9.06. The average molecular weight is 359 g/mol. The Morgan fingerprint density at radius 1 is 1.04 bits per heavy atom. The van der Waals surface area contributed by atoms with Crippen LogP contribution in [-0.2, 0) is 11.3 Å². The summed E-state index contributed by atoms with van der Waals surface area (Å²) in [5, 5.41) is 4.66. The van der Waals surface area contributed by atoms with Crippen LogP contribution in [0.2, 0.25) is 0 Å². The molecule has 0 aliphatic carbocycles. The van der Waals surface area contributed by atoms with Crippen LogP contribution < -0.4 is 0 Å². The van der Waals surface area contributed by atoms with Crippen molar-refractivity contribution in [1.82, 2.24) is 14.7 Å². The summed E-state index contributed by atoms with van der Waals surface area (Å²) in [5.41, 5.74) is 6.13. The molecule has 0 bridgehead atoms. The SMILES string of the molecule is CC(=CC(=O)N(C)Cc1c(C)nn(-c2ccccc2)c1C)c1ccccc1. The second kappa shape index (κ2) is 8.04. The van der Waals surface area contributed by atoms with Crippen LogP contribution in [0.3, 0.4) is 0 Å². The molecule has 3 aromatic rings. The summed E-state index contributed by atoms with van der Waals surface area (Å²) < 4.78 is 1.94. The molecule has 1 aromatic heterocycles. The second-order valence-electron chi connectivity index (χ2n) is 6.78. The summed E-state index contributed by atoms with van der Waals surface area (Å²) in [6.45, 7) is 6.53. The summed E-state index contributed by atoms with van der Waals surface area (Å²) in [4.78, 5) is 14.4. The minimum absolute atomic E-state index is 0.0115. The van der Waals surface area contributed by atoms with Crippen molar-refractivity contribution >= 4 is 11.5 Å². The van der Waals surface area contributed by atoms with Crippen molar-refractivity contribution in [1.29, 1.82) is 0 Å². The van der Waals surface area contributed by atoms with Gasteiger partial charge in [0, 0.05) is 30.9 Å². The van der Waals surface area contributed by atoms with Crippen molar-refractivity contribution in [3.05, 3.63) is 89.3 Å². The number of benzene rings is 2. The van der Waals surface area contributed by atoms with E-state index in [-0.39, 0.29) is 5.91 Å². The summed E-state index contributed by atoms with van der Waals surface area (Å²) >= 11 is 0. The first-order valence-electron chi connectivity index (χ1n) is 9.06. The molecule has 2 aromatic carbocycles. The first-order chi connectivity index (χ1) is 13.0. The van der Waals surface area contributed by atoms with Gasteiger partial charge >= 0.3 is 0 Å². The zero-order chi connectivity index (χ0) is 19.4. The van der Waals surface area contributed by atoms with Gasteiger partial charge in [0.25, 0.3) is 0 Å². The Labute approximate surface area is 160 Å². The number of hydrogen-bond acceptors (Lipinski definition) is 2. The number of aryl methyl sites for hydroxylation is 1. The Morgan fingerprint density at radius 3 is 2.26 bits per heavy atom. The number of carbonyl (C=O) groups excluding carboxylic acids is 1. The van der Waals surface area contributed by atoms with Crippen molar-refractivity contribution in [3.63, 3.8) is 0 Å². The molecule has 0 fully saturated rings. The smallest absolute Gasteiger partial charge is 0.246 e. The van der Waals surface area contributed by atoms with Crippen molar-refractivity contribution in [2.45, 2.75) is 27.3 Å². The molecule has 138 valence electrons. The van der Waals surface area contributed by atoms with Gasteiger partial charge in [-0.3, -0.25) is 4.79 Å². The van der Waals surface area contributed by atoms with Gasteiger partial charge in [0.1, 0.15) is 0 Å². The van der Waals surface area contributed by atoms with Crippen LogP contribution in [-0.4, -0.2) is 27.6 Å². The lowest BCUT2D eigenvalue weighted by Crippen LogP contribution is -2.25. The van der Waals surface area contributed by atoms with E-state index in [0.717, 1.165) is 33.8 Å². The molecule has 0 radical (unpaired) electrons. The van der Waals surface area contributed by atoms with Crippen LogP contribution in [0, 0.1) is 13.8 Å². The number of rotatable bonds is 5. The molecule has 1 heterocycles. The van der Waals surface area contributed by atoms with E-state index in [1.165, 1.54) is 0 Å². The first kappa shape index (κ1) is 18.6. The molecule has 4 nitrogen and oxygen atoms in total. The lowest BCUT2D eigenvalue weighted by Gasteiger charge is -2.16. The minimum atomic E-state index is -0.0115.